The molecule has 2 aromatic heterocycles. The summed E-state index contributed by atoms with van der Waals surface area (Å²) in [5.41, 5.74) is 0.673. The Morgan fingerprint density at radius 2 is 2.26 bits per heavy atom. The molecule has 0 bridgehead atoms. The predicted molar refractivity (Wildman–Crippen MR) is 70.2 cm³/mol. The molecule has 19 heavy (non-hydrogen) atoms. The van der Waals surface area contributed by atoms with Crippen molar-refractivity contribution in [3.05, 3.63) is 39.9 Å². The zero-order valence-corrected chi connectivity index (χ0v) is 10.7. The van der Waals surface area contributed by atoms with Gasteiger partial charge >= 0.3 is 12.0 Å². The SMILES string of the molecule is Cc1coc(NC(=O)c2ccc(/C=C/C(=O)O)s2)n1. The fraction of sp³-hybridized carbons (Fsp3) is 0.0833. The zero-order chi connectivity index (χ0) is 13.8. The first kappa shape index (κ1) is 13.0. The second-order valence-corrected chi connectivity index (χ2v) is 4.74. The molecule has 0 unspecified atom stereocenters. The molecule has 0 saturated carbocycles. The molecule has 2 rings (SSSR count). The highest BCUT2D eigenvalue weighted by molar-refractivity contribution is 7.15. The Labute approximate surface area is 112 Å². The number of oxazole rings is 1. The summed E-state index contributed by atoms with van der Waals surface area (Å²) >= 11 is 1.18. The van der Waals surface area contributed by atoms with Crippen molar-refractivity contribution in [1.82, 2.24) is 4.98 Å². The van der Waals surface area contributed by atoms with Gasteiger partial charge in [0.05, 0.1) is 10.6 Å². The molecule has 98 valence electrons. The average Bonchev–Trinajstić information content (AvgIpc) is 2.95. The highest BCUT2D eigenvalue weighted by atomic mass is 32.1. The molecule has 0 radical (unpaired) electrons. The summed E-state index contributed by atoms with van der Waals surface area (Å²) in [6.45, 7) is 1.75. The van der Waals surface area contributed by atoms with E-state index < -0.39 is 5.97 Å². The molecule has 2 heterocycles. The first-order chi connectivity index (χ1) is 9.04. The van der Waals surface area contributed by atoms with E-state index in [4.69, 9.17) is 9.52 Å². The van der Waals surface area contributed by atoms with Crippen molar-refractivity contribution in [1.29, 1.82) is 0 Å². The van der Waals surface area contributed by atoms with E-state index in [1.807, 2.05) is 0 Å². The van der Waals surface area contributed by atoms with Gasteiger partial charge in [-0.1, -0.05) is 0 Å². The zero-order valence-electron chi connectivity index (χ0n) is 9.91. The minimum atomic E-state index is -1.03. The monoisotopic (exact) mass is 278 g/mol. The number of carbonyl (C=O) groups excluding carboxylic acids is 1. The third-order valence-corrected chi connectivity index (χ3v) is 3.13. The van der Waals surface area contributed by atoms with Gasteiger partial charge in [0.2, 0.25) is 0 Å². The van der Waals surface area contributed by atoms with E-state index in [2.05, 4.69) is 10.3 Å². The van der Waals surface area contributed by atoms with Crippen molar-refractivity contribution < 1.29 is 19.1 Å². The van der Waals surface area contributed by atoms with Gasteiger partial charge in [0.25, 0.3) is 5.91 Å². The molecule has 0 fully saturated rings. The van der Waals surface area contributed by atoms with Gasteiger partial charge in [-0.05, 0) is 25.1 Å². The Morgan fingerprint density at radius 3 is 2.89 bits per heavy atom. The third-order valence-electron chi connectivity index (χ3n) is 2.08. The molecule has 0 aliphatic heterocycles. The van der Waals surface area contributed by atoms with Gasteiger partial charge in [0, 0.05) is 11.0 Å². The van der Waals surface area contributed by atoms with Crippen LogP contribution in [0.2, 0.25) is 0 Å². The number of aliphatic carboxylic acids is 1. The van der Waals surface area contributed by atoms with Gasteiger partial charge < -0.3 is 9.52 Å². The molecule has 0 aliphatic rings. The molecule has 6 nitrogen and oxygen atoms in total. The quantitative estimate of drug-likeness (QED) is 0.838. The Bertz CT molecular complexity index is 642. The van der Waals surface area contributed by atoms with E-state index in [0.29, 0.717) is 15.4 Å². The Kier molecular flexibility index (Phi) is 3.76. The molecule has 0 atom stereocenters. The van der Waals surface area contributed by atoms with E-state index in [0.717, 1.165) is 6.08 Å². The largest absolute Gasteiger partial charge is 0.478 e. The van der Waals surface area contributed by atoms with Crippen molar-refractivity contribution in [2.75, 3.05) is 5.32 Å². The van der Waals surface area contributed by atoms with Gasteiger partial charge in [0.1, 0.15) is 6.26 Å². The van der Waals surface area contributed by atoms with Gasteiger partial charge in [-0.15, -0.1) is 11.3 Å². The van der Waals surface area contributed by atoms with Crippen LogP contribution in [0.15, 0.2) is 28.9 Å². The van der Waals surface area contributed by atoms with E-state index in [9.17, 15) is 9.59 Å². The molecule has 0 saturated heterocycles. The van der Waals surface area contributed by atoms with Crippen LogP contribution in [0, 0.1) is 6.92 Å². The van der Waals surface area contributed by atoms with Crippen LogP contribution in [-0.2, 0) is 4.79 Å². The molecular weight excluding hydrogens is 268 g/mol. The van der Waals surface area contributed by atoms with Crippen LogP contribution in [0.3, 0.4) is 0 Å². The normalized spacial score (nSPS) is 10.8. The molecule has 2 N–H and O–H groups in total. The number of carboxylic acid groups (broad SMARTS) is 1. The third kappa shape index (κ3) is 3.52. The van der Waals surface area contributed by atoms with Gasteiger partial charge in [-0.2, -0.15) is 4.98 Å². The molecule has 7 heteroatoms. The van der Waals surface area contributed by atoms with Crippen LogP contribution in [0.25, 0.3) is 6.08 Å². The summed E-state index contributed by atoms with van der Waals surface area (Å²) in [7, 11) is 0. The number of carbonyl (C=O) groups is 2. The Balaban J connectivity index is 2.06. The summed E-state index contributed by atoms with van der Waals surface area (Å²) < 4.78 is 5.01. The number of rotatable bonds is 4. The van der Waals surface area contributed by atoms with Crippen LogP contribution in [0.1, 0.15) is 20.2 Å². The topological polar surface area (TPSA) is 92.4 Å². The van der Waals surface area contributed by atoms with Crippen LogP contribution in [0.5, 0.6) is 0 Å². The number of nitrogens with one attached hydrogen (secondary N) is 1. The van der Waals surface area contributed by atoms with Crippen LogP contribution >= 0.6 is 11.3 Å². The number of carboxylic acids is 1. The Hall–Kier alpha value is -2.41. The molecule has 2 aromatic rings. The van der Waals surface area contributed by atoms with Crippen molar-refractivity contribution in [3.8, 4) is 0 Å². The number of anilines is 1. The minimum absolute atomic E-state index is 0.138. The van der Waals surface area contributed by atoms with Crippen LogP contribution in [0.4, 0.5) is 6.01 Å². The number of amides is 1. The van der Waals surface area contributed by atoms with Crippen molar-refractivity contribution in [3.63, 3.8) is 0 Å². The van der Waals surface area contributed by atoms with E-state index in [1.165, 1.54) is 23.7 Å². The number of aromatic nitrogens is 1. The van der Waals surface area contributed by atoms with Gasteiger partial charge in [-0.25, -0.2) is 4.79 Å². The number of aryl methyl sites for hydroxylation is 1. The predicted octanol–water partition coefficient (Wildman–Crippen LogP) is 2.39. The fourth-order valence-electron chi connectivity index (χ4n) is 1.29. The number of hydrogen-bond acceptors (Lipinski definition) is 5. The summed E-state index contributed by atoms with van der Waals surface area (Å²) in [4.78, 5) is 27.3. The number of thiophene rings is 1. The lowest BCUT2D eigenvalue weighted by molar-refractivity contribution is -0.131. The highest BCUT2D eigenvalue weighted by Crippen LogP contribution is 2.19. The second kappa shape index (κ2) is 5.49. The standard InChI is InChI=1S/C12H10N2O4S/c1-7-6-18-12(13-7)14-11(17)9-4-2-8(19-9)3-5-10(15)16/h2-6H,1H3,(H,15,16)(H,13,14,17)/b5-3+. The summed E-state index contributed by atoms with van der Waals surface area (Å²) in [5.74, 6) is -1.38. The van der Waals surface area contributed by atoms with Crippen molar-refractivity contribution >= 4 is 35.3 Å². The molecule has 0 spiro atoms. The number of nitrogens with zero attached hydrogens (tertiary/aromatic N) is 1. The van der Waals surface area contributed by atoms with Gasteiger partial charge in [-0.3, -0.25) is 10.1 Å². The van der Waals surface area contributed by atoms with Crippen molar-refractivity contribution in [2.45, 2.75) is 6.92 Å². The van der Waals surface area contributed by atoms with Gasteiger partial charge in [0.15, 0.2) is 0 Å². The van der Waals surface area contributed by atoms with E-state index in [-0.39, 0.29) is 11.9 Å². The minimum Gasteiger partial charge on any atom is -0.478 e. The smallest absolute Gasteiger partial charge is 0.328 e. The molecular formula is C12H10N2O4S. The van der Waals surface area contributed by atoms with Crippen molar-refractivity contribution in [2.24, 2.45) is 0 Å². The lowest BCUT2D eigenvalue weighted by Crippen LogP contribution is -2.10. The fourth-order valence-corrected chi connectivity index (χ4v) is 2.09. The first-order valence-electron chi connectivity index (χ1n) is 5.29. The summed E-state index contributed by atoms with van der Waals surface area (Å²) in [6.07, 6.45) is 3.88. The molecule has 0 aliphatic carbocycles. The highest BCUT2D eigenvalue weighted by Gasteiger charge is 2.11. The maximum absolute atomic E-state index is 11.8. The maximum Gasteiger partial charge on any atom is 0.328 e. The molecule has 0 aromatic carbocycles. The average molecular weight is 278 g/mol. The Morgan fingerprint density at radius 1 is 1.47 bits per heavy atom. The van der Waals surface area contributed by atoms with Crippen LogP contribution in [-0.4, -0.2) is 22.0 Å². The number of hydrogen-bond donors (Lipinski definition) is 2. The second-order valence-electron chi connectivity index (χ2n) is 3.62. The van der Waals surface area contributed by atoms with E-state index in [1.54, 1.807) is 19.1 Å². The molecule has 1 amide bonds. The summed E-state index contributed by atoms with van der Waals surface area (Å²) in [5, 5.41) is 11.0. The maximum atomic E-state index is 11.8. The van der Waals surface area contributed by atoms with Crippen LogP contribution < -0.4 is 5.32 Å². The lowest BCUT2D eigenvalue weighted by Gasteiger charge is -1.96. The first-order valence-corrected chi connectivity index (χ1v) is 6.10. The lowest BCUT2D eigenvalue weighted by atomic mass is 10.4. The summed E-state index contributed by atoms with van der Waals surface area (Å²) in [6, 6.07) is 3.41. The van der Waals surface area contributed by atoms with E-state index >= 15 is 0 Å².